The first-order valence-corrected chi connectivity index (χ1v) is 19.4. The zero-order chi connectivity index (χ0) is 31.9. The Morgan fingerprint density at radius 3 is 1.19 bits per heavy atom. The van der Waals surface area contributed by atoms with Crippen molar-refractivity contribution in [2.75, 3.05) is 6.61 Å². The first-order chi connectivity index (χ1) is 20.9. The Hall–Kier alpha value is -1.06. The van der Waals surface area contributed by atoms with Crippen molar-refractivity contribution in [3.05, 3.63) is 0 Å². The van der Waals surface area contributed by atoms with Crippen LogP contribution in [0.4, 0.5) is 0 Å². The molecule has 0 saturated carbocycles. The molecule has 0 aliphatic heterocycles. The van der Waals surface area contributed by atoms with Gasteiger partial charge < -0.3 is 10.1 Å². The topological polar surface area (TPSA) is 55.4 Å². The van der Waals surface area contributed by atoms with Crippen LogP contribution in [0.15, 0.2) is 0 Å². The highest BCUT2D eigenvalue weighted by Crippen LogP contribution is 2.26. The first-order valence-electron chi connectivity index (χ1n) is 19.4. The van der Waals surface area contributed by atoms with Gasteiger partial charge in [0.05, 0.1) is 12.0 Å². The molecular weight excluding hydrogens is 530 g/mol. The molecule has 0 radical (unpaired) electrons. The Kier molecular flexibility index (Phi) is 30.2. The number of carbonyl (C=O) groups is 2. The normalized spacial score (nSPS) is 12.4. The third-order valence-electron chi connectivity index (χ3n) is 9.38. The summed E-state index contributed by atoms with van der Waals surface area (Å²) in [6.07, 6.45) is 36.7. The average Bonchev–Trinajstić information content (AvgIpc) is 2.99. The minimum atomic E-state index is -0.712. The number of hydrogen-bond donors (Lipinski definition) is 1. The third kappa shape index (κ3) is 25.9. The zero-order valence-electron chi connectivity index (χ0n) is 30.0. The van der Waals surface area contributed by atoms with E-state index in [2.05, 4.69) is 19.2 Å². The molecule has 0 spiro atoms. The van der Waals surface area contributed by atoms with E-state index in [4.69, 9.17) is 4.74 Å². The summed E-state index contributed by atoms with van der Waals surface area (Å²) in [5.41, 5.74) is -0.712. The first kappa shape index (κ1) is 41.9. The molecule has 1 amide bonds. The molecule has 0 aliphatic carbocycles. The third-order valence-corrected chi connectivity index (χ3v) is 9.38. The van der Waals surface area contributed by atoms with Crippen molar-refractivity contribution < 1.29 is 14.3 Å². The minimum absolute atomic E-state index is 0.0726. The summed E-state index contributed by atoms with van der Waals surface area (Å²) in [6.45, 7) is 10.9. The molecule has 0 aliphatic rings. The van der Waals surface area contributed by atoms with E-state index in [1.807, 2.05) is 20.8 Å². The second-order valence-corrected chi connectivity index (χ2v) is 14.0. The fraction of sp³-hybridized carbons (Fsp3) is 0.949. The SMILES string of the molecule is CCCCCCCCCCCCCCCCCC(=O)NC(CC)C(C)(C)C(=O)OCCCCCCCCCCCCCC. The van der Waals surface area contributed by atoms with Gasteiger partial charge in [-0.2, -0.15) is 0 Å². The van der Waals surface area contributed by atoms with Crippen LogP contribution in [0.5, 0.6) is 0 Å². The molecule has 0 heterocycles. The number of carbonyl (C=O) groups excluding carboxylic acids is 2. The Bertz CT molecular complexity index is 618. The van der Waals surface area contributed by atoms with Crippen LogP contribution < -0.4 is 5.32 Å². The van der Waals surface area contributed by atoms with E-state index in [0.717, 1.165) is 32.1 Å². The predicted molar refractivity (Wildman–Crippen MR) is 188 cm³/mol. The lowest BCUT2D eigenvalue weighted by atomic mass is 9.82. The van der Waals surface area contributed by atoms with Gasteiger partial charge in [0.1, 0.15) is 0 Å². The second kappa shape index (κ2) is 30.9. The molecule has 1 N–H and O–H groups in total. The van der Waals surface area contributed by atoms with Crippen LogP contribution in [0, 0.1) is 5.41 Å². The lowest BCUT2D eigenvalue weighted by Gasteiger charge is -2.32. The maximum atomic E-state index is 12.9. The second-order valence-electron chi connectivity index (χ2n) is 14.0. The molecule has 0 fully saturated rings. The van der Waals surface area contributed by atoms with Gasteiger partial charge in [0.2, 0.25) is 5.91 Å². The molecule has 0 rings (SSSR count). The number of rotatable bonds is 33. The Labute approximate surface area is 270 Å². The number of esters is 1. The van der Waals surface area contributed by atoms with Crippen molar-refractivity contribution in [3.63, 3.8) is 0 Å². The van der Waals surface area contributed by atoms with E-state index in [0.29, 0.717) is 13.0 Å². The maximum absolute atomic E-state index is 12.9. The van der Waals surface area contributed by atoms with Crippen LogP contribution in [0.25, 0.3) is 0 Å². The zero-order valence-corrected chi connectivity index (χ0v) is 30.0. The smallest absolute Gasteiger partial charge is 0.313 e. The molecule has 0 aromatic rings. The highest BCUT2D eigenvalue weighted by Gasteiger charge is 2.38. The molecule has 256 valence electrons. The summed E-state index contributed by atoms with van der Waals surface area (Å²) in [5.74, 6) is -0.113. The van der Waals surface area contributed by atoms with Crippen molar-refractivity contribution in [1.29, 1.82) is 0 Å². The highest BCUT2D eigenvalue weighted by molar-refractivity contribution is 5.80. The summed E-state index contributed by atoms with van der Waals surface area (Å²) >= 11 is 0. The molecule has 4 nitrogen and oxygen atoms in total. The van der Waals surface area contributed by atoms with Gasteiger partial charge in [0, 0.05) is 12.5 Å². The summed E-state index contributed by atoms with van der Waals surface area (Å²) in [5, 5.41) is 3.15. The predicted octanol–water partition coefficient (Wildman–Crippen LogP) is 12.4. The van der Waals surface area contributed by atoms with Gasteiger partial charge in [-0.15, -0.1) is 0 Å². The molecule has 0 bridgehead atoms. The van der Waals surface area contributed by atoms with Crippen molar-refractivity contribution in [2.24, 2.45) is 5.41 Å². The fourth-order valence-corrected chi connectivity index (χ4v) is 6.15. The number of amides is 1. The molecule has 0 aromatic carbocycles. The van der Waals surface area contributed by atoms with Crippen LogP contribution >= 0.6 is 0 Å². The van der Waals surface area contributed by atoms with E-state index in [1.165, 1.54) is 148 Å². The highest BCUT2D eigenvalue weighted by atomic mass is 16.5. The number of hydrogen-bond acceptors (Lipinski definition) is 3. The maximum Gasteiger partial charge on any atom is 0.313 e. The van der Waals surface area contributed by atoms with Gasteiger partial charge in [-0.05, 0) is 33.1 Å². The van der Waals surface area contributed by atoms with E-state index in [9.17, 15) is 9.59 Å². The van der Waals surface area contributed by atoms with Crippen LogP contribution in [0.3, 0.4) is 0 Å². The van der Waals surface area contributed by atoms with Gasteiger partial charge in [-0.25, -0.2) is 0 Å². The minimum Gasteiger partial charge on any atom is -0.465 e. The summed E-state index contributed by atoms with van der Waals surface area (Å²) in [7, 11) is 0. The largest absolute Gasteiger partial charge is 0.465 e. The van der Waals surface area contributed by atoms with Gasteiger partial charge in [0.15, 0.2) is 0 Å². The molecule has 43 heavy (non-hydrogen) atoms. The number of nitrogens with one attached hydrogen (secondary N) is 1. The molecule has 1 unspecified atom stereocenters. The standard InChI is InChI=1S/C39H77NO3/c1-6-9-11-13-15-17-19-21-22-23-24-26-28-30-32-34-37(41)40-36(8-3)39(4,5)38(42)43-35-33-31-29-27-25-20-18-16-14-12-10-7-2/h36H,6-35H2,1-5H3,(H,40,41). The average molecular weight is 608 g/mol. The van der Waals surface area contributed by atoms with E-state index >= 15 is 0 Å². The van der Waals surface area contributed by atoms with Crippen molar-refractivity contribution >= 4 is 11.9 Å². The summed E-state index contributed by atoms with van der Waals surface area (Å²) < 4.78 is 5.66. The molecule has 4 heteroatoms. The van der Waals surface area contributed by atoms with E-state index in [-0.39, 0.29) is 17.9 Å². The van der Waals surface area contributed by atoms with Gasteiger partial charge in [-0.1, -0.05) is 181 Å². The van der Waals surface area contributed by atoms with Crippen LogP contribution in [0.2, 0.25) is 0 Å². The van der Waals surface area contributed by atoms with Crippen LogP contribution in [-0.4, -0.2) is 24.5 Å². The summed E-state index contributed by atoms with van der Waals surface area (Å²) in [4.78, 5) is 25.5. The Balaban J connectivity index is 3.80. The van der Waals surface area contributed by atoms with E-state index < -0.39 is 5.41 Å². The van der Waals surface area contributed by atoms with Crippen LogP contribution in [-0.2, 0) is 14.3 Å². The van der Waals surface area contributed by atoms with Gasteiger partial charge in [-0.3, -0.25) is 9.59 Å². The Morgan fingerprint density at radius 2 is 0.837 bits per heavy atom. The number of ether oxygens (including phenoxy) is 1. The lowest BCUT2D eigenvalue weighted by Crippen LogP contribution is -2.49. The van der Waals surface area contributed by atoms with Crippen molar-refractivity contribution in [1.82, 2.24) is 5.32 Å². The van der Waals surface area contributed by atoms with Crippen molar-refractivity contribution in [3.8, 4) is 0 Å². The summed E-state index contributed by atoms with van der Waals surface area (Å²) in [6, 6.07) is -0.189. The Morgan fingerprint density at radius 1 is 0.512 bits per heavy atom. The van der Waals surface area contributed by atoms with E-state index in [1.54, 1.807) is 0 Å². The van der Waals surface area contributed by atoms with Gasteiger partial charge >= 0.3 is 5.97 Å². The molecule has 1 atom stereocenters. The molecular formula is C39H77NO3. The van der Waals surface area contributed by atoms with Crippen molar-refractivity contribution in [2.45, 2.75) is 227 Å². The lowest BCUT2D eigenvalue weighted by molar-refractivity contribution is -0.156. The number of unbranched alkanes of at least 4 members (excludes halogenated alkanes) is 25. The molecule has 0 aromatic heterocycles. The fourth-order valence-electron chi connectivity index (χ4n) is 6.15. The quantitative estimate of drug-likeness (QED) is 0.0596. The van der Waals surface area contributed by atoms with Crippen LogP contribution in [0.1, 0.15) is 221 Å². The molecule has 0 saturated heterocycles. The van der Waals surface area contributed by atoms with Gasteiger partial charge in [0.25, 0.3) is 0 Å². The monoisotopic (exact) mass is 608 g/mol.